The first-order chi connectivity index (χ1) is 6.09. The van der Waals surface area contributed by atoms with Gasteiger partial charge in [0.25, 0.3) is 5.91 Å². The first-order valence-electron chi connectivity index (χ1n) is 3.92. The van der Waals surface area contributed by atoms with Gasteiger partial charge in [-0.05, 0) is 31.2 Å². The molecule has 1 aromatic rings. The highest BCUT2D eigenvalue weighted by Gasteiger charge is 2.00. The molecule has 0 heterocycles. The molecule has 0 saturated carbocycles. The van der Waals surface area contributed by atoms with Crippen LogP contribution in [0.4, 0.5) is 11.4 Å². The van der Waals surface area contributed by atoms with E-state index in [0.717, 1.165) is 5.69 Å². The number of amides is 1. The van der Waals surface area contributed by atoms with E-state index in [-0.39, 0.29) is 18.3 Å². The smallest absolute Gasteiger partial charge is 0.250 e. The molecule has 0 saturated heterocycles. The minimum atomic E-state index is -0.176. The fourth-order valence-electron chi connectivity index (χ4n) is 0.804. The summed E-state index contributed by atoms with van der Waals surface area (Å²) in [5.41, 5.74) is 7.37. The molecule has 3 N–H and O–H groups in total. The Kier molecular flexibility index (Phi) is 4.73. The molecule has 1 rings (SSSR count). The molecule has 0 bridgehead atoms. The normalized spacial score (nSPS) is 8.64. The summed E-state index contributed by atoms with van der Waals surface area (Å²) in [6.07, 6.45) is 0. The third-order valence-corrected chi connectivity index (χ3v) is 1.56. The average molecular weight is 213 g/mol. The van der Waals surface area contributed by atoms with E-state index in [1.165, 1.54) is 0 Å². The monoisotopic (exact) mass is 212 g/mol. The lowest BCUT2D eigenvalue weighted by atomic mass is 10.2. The van der Waals surface area contributed by atoms with Gasteiger partial charge in [0.05, 0.1) is 0 Å². The van der Waals surface area contributed by atoms with Crippen molar-refractivity contribution in [3.05, 3.63) is 36.4 Å². The maximum Gasteiger partial charge on any atom is 0.250 e. The highest BCUT2D eigenvalue weighted by Crippen LogP contribution is 2.10. The van der Waals surface area contributed by atoms with Gasteiger partial charge in [-0.15, -0.1) is 12.4 Å². The second-order valence-electron chi connectivity index (χ2n) is 2.86. The van der Waals surface area contributed by atoms with Crippen molar-refractivity contribution < 1.29 is 4.79 Å². The van der Waals surface area contributed by atoms with Crippen molar-refractivity contribution in [1.29, 1.82) is 0 Å². The summed E-state index contributed by atoms with van der Waals surface area (Å²) < 4.78 is 0. The minimum Gasteiger partial charge on any atom is -0.399 e. The molecule has 0 aliphatic rings. The molecule has 0 aliphatic carbocycles. The van der Waals surface area contributed by atoms with Crippen molar-refractivity contribution in [2.75, 3.05) is 11.1 Å². The zero-order valence-corrected chi connectivity index (χ0v) is 8.73. The Labute approximate surface area is 89.4 Å². The molecule has 0 fully saturated rings. The van der Waals surface area contributed by atoms with E-state index >= 15 is 0 Å². The highest BCUT2D eigenvalue weighted by atomic mass is 35.5. The third-order valence-electron chi connectivity index (χ3n) is 1.56. The number of rotatable bonds is 2. The number of carbonyl (C=O) groups is 1. The molecule has 0 radical (unpaired) electrons. The molecular weight excluding hydrogens is 200 g/mol. The summed E-state index contributed by atoms with van der Waals surface area (Å²) in [7, 11) is 0. The van der Waals surface area contributed by atoms with Crippen LogP contribution in [-0.2, 0) is 4.79 Å². The molecule has 14 heavy (non-hydrogen) atoms. The van der Waals surface area contributed by atoms with Gasteiger partial charge >= 0.3 is 0 Å². The maximum atomic E-state index is 11.2. The SMILES string of the molecule is C=C(C)C(=O)Nc1ccc(N)cc1.Cl. The zero-order chi connectivity index (χ0) is 9.84. The van der Waals surface area contributed by atoms with E-state index < -0.39 is 0 Å². The summed E-state index contributed by atoms with van der Waals surface area (Å²) in [6, 6.07) is 6.95. The fraction of sp³-hybridized carbons (Fsp3) is 0.100. The molecule has 4 heteroatoms. The van der Waals surface area contributed by atoms with Gasteiger partial charge in [0.2, 0.25) is 0 Å². The second kappa shape index (κ2) is 5.29. The number of nitrogens with one attached hydrogen (secondary N) is 1. The van der Waals surface area contributed by atoms with Gasteiger partial charge in [-0.2, -0.15) is 0 Å². The summed E-state index contributed by atoms with van der Waals surface area (Å²) in [4.78, 5) is 11.2. The third kappa shape index (κ3) is 3.49. The molecular formula is C10H13ClN2O. The number of hydrogen-bond acceptors (Lipinski definition) is 2. The van der Waals surface area contributed by atoms with Gasteiger partial charge in [0.15, 0.2) is 0 Å². The Morgan fingerprint density at radius 1 is 1.36 bits per heavy atom. The molecule has 0 atom stereocenters. The van der Waals surface area contributed by atoms with Gasteiger partial charge in [-0.25, -0.2) is 0 Å². The standard InChI is InChI=1S/C10H12N2O.ClH/c1-7(2)10(13)12-9-5-3-8(11)4-6-9;/h3-6H,1,11H2,2H3,(H,12,13);1H. The van der Waals surface area contributed by atoms with Crippen LogP contribution >= 0.6 is 12.4 Å². The van der Waals surface area contributed by atoms with Crippen LogP contribution in [-0.4, -0.2) is 5.91 Å². The minimum absolute atomic E-state index is 0. The molecule has 76 valence electrons. The van der Waals surface area contributed by atoms with Gasteiger partial charge in [0, 0.05) is 16.9 Å². The number of anilines is 2. The Balaban J connectivity index is 0.00000169. The molecule has 0 unspecified atom stereocenters. The van der Waals surface area contributed by atoms with Crippen molar-refractivity contribution in [2.24, 2.45) is 0 Å². The fourth-order valence-corrected chi connectivity index (χ4v) is 0.804. The summed E-state index contributed by atoms with van der Waals surface area (Å²) >= 11 is 0. The lowest BCUT2D eigenvalue weighted by molar-refractivity contribution is -0.112. The van der Waals surface area contributed by atoms with Gasteiger partial charge in [-0.3, -0.25) is 4.79 Å². The second-order valence-corrected chi connectivity index (χ2v) is 2.86. The quantitative estimate of drug-likeness (QED) is 0.583. The van der Waals surface area contributed by atoms with E-state index in [0.29, 0.717) is 11.3 Å². The van der Waals surface area contributed by atoms with E-state index in [9.17, 15) is 4.79 Å². The molecule has 1 amide bonds. The number of nitrogen functional groups attached to an aromatic ring is 1. The van der Waals surface area contributed by atoms with Crippen LogP contribution in [0.15, 0.2) is 36.4 Å². The van der Waals surface area contributed by atoms with Crippen LogP contribution in [0.3, 0.4) is 0 Å². The lowest BCUT2D eigenvalue weighted by Gasteiger charge is -2.03. The largest absolute Gasteiger partial charge is 0.399 e. The van der Waals surface area contributed by atoms with Gasteiger partial charge in [-0.1, -0.05) is 6.58 Å². The topological polar surface area (TPSA) is 55.1 Å². The van der Waals surface area contributed by atoms with E-state index in [4.69, 9.17) is 5.73 Å². The number of benzene rings is 1. The van der Waals surface area contributed by atoms with Crippen LogP contribution in [0.2, 0.25) is 0 Å². The first kappa shape index (κ1) is 12.5. The van der Waals surface area contributed by atoms with Crippen LogP contribution in [0.25, 0.3) is 0 Å². The van der Waals surface area contributed by atoms with E-state index in [1.54, 1.807) is 31.2 Å². The van der Waals surface area contributed by atoms with Crippen molar-refractivity contribution in [3.63, 3.8) is 0 Å². The molecule has 1 aromatic carbocycles. The van der Waals surface area contributed by atoms with Crippen molar-refractivity contribution in [1.82, 2.24) is 0 Å². The average Bonchev–Trinajstić information content (AvgIpc) is 2.08. The Bertz CT molecular complexity index is 332. The number of carbonyl (C=O) groups excluding carboxylic acids is 1. The predicted octanol–water partition coefficient (Wildman–Crippen LogP) is 2.21. The summed E-state index contributed by atoms with van der Waals surface area (Å²) in [5.74, 6) is -0.176. The highest BCUT2D eigenvalue weighted by molar-refractivity contribution is 6.02. The molecule has 0 aromatic heterocycles. The van der Waals surface area contributed by atoms with Gasteiger partial charge in [0.1, 0.15) is 0 Å². The number of nitrogens with two attached hydrogens (primary N) is 1. The summed E-state index contributed by atoms with van der Waals surface area (Å²) in [5, 5.41) is 2.67. The van der Waals surface area contributed by atoms with Crippen LogP contribution in [0, 0.1) is 0 Å². The Morgan fingerprint density at radius 3 is 2.29 bits per heavy atom. The molecule has 0 aliphatic heterocycles. The van der Waals surface area contributed by atoms with Crippen LogP contribution in [0.1, 0.15) is 6.92 Å². The molecule has 3 nitrogen and oxygen atoms in total. The molecule has 0 spiro atoms. The maximum absolute atomic E-state index is 11.2. The van der Waals surface area contributed by atoms with Crippen molar-refractivity contribution >= 4 is 29.7 Å². The lowest BCUT2D eigenvalue weighted by Crippen LogP contribution is -2.11. The van der Waals surface area contributed by atoms with Crippen molar-refractivity contribution in [3.8, 4) is 0 Å². The van der Waals surface area contributed by atoms with Gasteiger partial charge < -0.3 is 11.1 Å². The Hall–Kier alpha value is -1.48. The summed E-state index contributed by atoms with van der Waals surface area (Å²) in [6.45, 7) is 5.19. The predicted molar refractivity (Wildman–Crippen MR) is 61.5 cm³/mol. The van der Waals surface area contributed by atoms with Crippen LogP contribution < -0.4 is 11.1 Å². The van der Waals surface area contributed by atoms with E-state index in [2.05, 4.69) is 11.9 Å². The van der Waals surface area contributed by atoms with E-state index in [1.807, 2.05) is 0 Å². The van der Waals surface area contributed by atoms with Crippen LogP contribution in [0.5, 0.6) is 0 Å². The Morgan fingerprint density at radius 2 is 1.86 bits per heavy atom. The number of halogens is 1. The number of hydrogen-bond donors (Lipinski definition) is 2. The van der Waals surface area contributed by atoms with Crippen molar-refractivity contribution in [2.45, 2.75) is 6.92 Å². The zero-order valence-electron chi connectivity index (χ0n) is 7.91. The first-order valence-corrected chi connectivity index (χ1v) is 3.92.